The van der Waals surface area contributed by atoms with Crippen LogP contribution >= 0.6 is 0 Å². The van der Waals surface area contributed by atoms with Crippen LogP contribution in [-0.4, -0.2) is 52.9 Å². The van der Waals surface area contributed by atoms with Crippen LogP contribution in [-0.2, 0) is 27.0 Å². The first-order chi connectivity index (χ1) is 13.4. The highest BCUT2D eigenvalue weighted by Crippen LogP contribution is 2.29. The number of hydrogen-bond acceptors (Lipinski definition) is 6. The summed E-state index contributed by atoms with van der Waals surface area (Å²) in [6.45, 7) is 1.93. The lowest BCUT2D eigenvalue weighted by molar-refractivity contribution is -0.159. The van der Waals surface area contributed by atoms with Crippen molar-refractivity contribution >= 4 is 5.91 Å². The monoisotopic (exact) mass is 397 g/mol. The highest BCUT2D eigenvalue weighted by Gasteiger charge is 2.38. The van der Waals surface area contributed by atoms with Gasteiger partial charge in [-0.2, -0.15) is 18.2 Å². The predicted octanol–water partition coefficient (Wildman–Crippen LogP) is 2.66. The number of rotatable bonds is 5. The van der Waals surface area contributed by atoms with E-state index in [1.807, 2.05) is 0 Å². The van der Waals surface area contributed by atoms with Crippen molar-refractivity contribution in [1.29, 1.82) is 0 Å². The molecule has 0 radical (unpaired) electrons. The van der Waals surface area contributed by atoms with Crippen molar-refractivity contribution in [2.75, 3.05) is 19.8 Å². The predicted molar refractivity (Wildman–Crippen MR) is 88.9 cm³/mol. The summed E-state index contributed by atoms with van der Waals surface area (Å²) in [7, 11) is 0. The molecule has 0 spiro atoms. The summed E-state index contributed by atoms with van der Waals surface area (Å²) < 4.78 is 52.7. The number of halogens is 3. The lowest BCUT2D eigenvalue weighted by Gasteiger charge is -2.38. The maximum atomic E-state index is 12.8. The lowest BCUT2D eigenvalue weighted by Crippen LogP contribution is -2.53. The number of ether oxygens (including phenoxy) is 2. The number of nitrogens with zero attached hydrogens (tertiary/aromatic N) is 3. The van der Waals surface area contributed by atoms with E-state index >= 15 is 0 Å². The molecule has 1 amide bonds. The van der Waals surface area contributed by atoms with E-state index in [9.17, 15) is 18.0 Å². The number of hydrogen-bond donors (Lipinski definition) is 0. The average Bonchev–Trinajstić information content (AvgIpc) is 3.31. The van der Waals surface area contributed by atoms with Crippen LogP contribution in [0.5, 0.6) is 0 Å². The molecule has 3 heterocycles. The van der Waals surface area contributed by atoms with Gasteiger partial charge in [0.2, 0.25) is 5.82 Å². The Morgan fingerprint density at radius 1 is 1.21 bits per heavy atom. The van der Waals surface area contributed by atoms with Gasteiger partial charge < -0.3 is 18.9 Å². The van der Waals surface area contributed by atoms with Gasteiger partial charge in [0.1, 0.15) is 6.10 Å². The van der Waals surface area contributed by atoms with E-state index < -0.39 is 18.2 Å². The Balaban J connectivity index is 1.47. The molecule has 0 saturated carbocycles. The van der Waals surface area contributed by atoms with Crippen LogP contribution in [0.2, 0.25) is 0 Å². The number of carbonyl (C=O) groups excluding carboxylic acids is 1. The number of carbonyl (C=O) groups is 1. The summed E-state index contributed by atoms with van der Waals surface area (Å²) in [5.41, 5.74) is 1.23. The van der Waals surface area contributed by atoms with Crippen molar-refractivity contribution < 1.29 is 32.0 Å². The molecule has 1 unspecified atom stereocenters. The Morgan fingerprint density at radius 2 is 1.96 bits per heavy atom. The molecule has 2 aliphatic heterocycles. The highest BCUT2D eigenvalue weighted by molar-refractivity contribution is 5.81. The minimum Gasteiger partial charge on any atom is -0.377 e. The van der Waals surface area contributed by atoms with Gasteiger partial charge in [0, 0.05) is 18.7 Å². The number of alkyl halides is 3. The van der Waals surface area contributed by atoms with Crippen LogP contribution in [0.3, 0.4) is 0 Å². The van der Waals surface area contributed by atoms with E-state index in [0.717, 1.165) is 12.0 Å². The fourth-order valence-electron chi connectivity index (χ4n) is 3.16. The third-order valence-electron chi connectivity index (χ3n) is 4.78. The van der Waals surface area contributed by atoms with E-state index in [0.29, 0.717) is 38.3 Å². The van der Waals surface area contributed by atoms with Gasteiger partial charge in [-0.25, -0.2) is 0 Å². The number of benzene rings is 1. The fraction of sp³-hybridized carbons (Fsp3) is 0.500. The molecule has 1 aromatic heterocycles. The number of amides is 1. The van der Waals surface area contributed by atoms with E-state index in [2.05, 4.69) is 14.7 Å². The molecule has 1 aromatic carbocycles. The zero-order valence-electron chi connectivity index (χ0n) is 14.8. The van der Waals surface area contributed by atoms with Gasteiger partial charge in [0.25, 0.3) is 5.91 Å². The third-order valence-corrected chi connectivity index (χ3v) is 4.78. The van der Waals surface area contributed by atoms with Gasteiger partial charge in [0.15, 0.2) is 0 Å². The molecular weight excluding hydrogens is 379 g/mol. The molecule has 0 aliphatic carbocycles. The zero-order chi connectivity index (χ0) is 19.7. The van der Waals surface area contributed by atoms with Gasteiger partial charge >= 0.3 is 12.1 Å². The van der Waals surface area contributed by atoms with Crippen molar-refractivity contribution in [2.45, 2.75) is 37.7 Å². The summed E-state index contributed by atoms with van der Waals surface area (Å²) in [5.74, 6) is -1.58. The maximum absolute atomic E-state index is 12.8. The molecule has 28 heavy (non-hydrogen) atoms. The Hall–Kier alpha value is -2.46. The molecule has 2 aliphatic rings. The van der Waals surface area contributed by atoms with Gasteiger partial charge in [0.05, 0.1) is 19.3 Å². The second-order valence-corrected chi connectivity index (χ2v) is 6.78. The molecule has 2 saturated heterocycles. The molecular formula is C18H18F3N3O4. The smallest absolute Gasteiger partial charge is 0.377 e. The van der Waals surface area contributed by atoms with Crippen molar-refractivity contribution in [3.05, 3.63) is 35.7 Å². The molecule has 4 rings (SSSR count). The fourth-order valence-corrected chi connectivity index (χ4v) is 3.16. The third kappa shape index (κ3) is 3.88. The quantitative estimate of drug-likeness (QED) is 0.772. The molecule has 2 fully saturated rings. The molecule has 1 atom stereocenters. The van der Waals surface area contributed by atoms with Gasteiger partial charge in [-0.05, 0) is 18.4 Å². The molecule has 2 aromatic rings. The first-order valence-corrected chi connectivity index (χ1v) is 8.92. The van der Waals surface area contributed by atoms with Gasteiger partial charge in [-0.3, -0.25) is 4.79 Å². The molecule has 10 heteroatoms. The number of aromatic nitrogens is 2. The van der Waals surface area contributed by atoms with Crippen LogP contribution < -0.4 is 0 Å². The minimum absolute atomic E-state index is 0.00271. The molecule has 0 N–H and O–H groups in total. The first-order valence-electron chi connectivity index (χ1n) is 8.92. The molecule has 0 bridgehead atoms. The molecule has 150 valence electrons. The Morgan fingerprint density at radius 3 is 2.50 bits per heavy atom. The molecule has 7 nitrogen and oxygen atoms in total. The largest absolute Gasteiger partial charge is 0.471 e. The van der Waals surface area contributed by atoms with Gasteiger partial charge in [-0.1, -0.05) is 29.4 Å². The van der Waals surface area contributed by atoms with E-state index in [1.54, 1.807) is 29.2 Å². The highest BCUT2D eigenvalue weighted by atomic mass is 19.4. The Bertz CT molecular complexity index is 827. The summed E-state index contributed by atoms with van der Waals surface area (Å²) in [6, 6.07) is 6.67. The SMILES string of the molecule is O=C(C1CCCO1)N(Cc1ccc(-c2noc(C(F)(F)F)n2)cc1)C1COC1. The van der Waals surface area contributed by atoms with Crippen LogP contribution in [0.15, 0.2) is 28.8 Å². The topological polar surface area (TPSA) is 77.7 Å². The van der Waals surface area contributed by atoms with Crippen molar-refractivity contribution in [1.82, 2.24) is 15.0 Å². The Kier molecular flexibility index (Phi) is 5.07. The van der Waals surface area contributed by atoms with E-state index in [-0.39, 0.29) is 17.8 Å². The van der Waals surface area contributed by atoms with Gasteiger partial charge in [-0.15, -0.1) is 0 Å². The minimum atomic E-state index is -4.68. The zero-order valence-corrected chi connectivity index (χ0v) is 14.8. The van der Waals surface area contributed by atoms with E-state index in [4.69, 9.17) is 9.47 Å². The van der Waals surface area contributed by atoms with Crippen LogP contribution in [0.1, 0.15) is 24.3 Å². The second kappa shape index (κ2) is 7.51. The maximum Gasteiger partial charge on any atom is 0.471 e. The van der Waals surface area contributed by atoms with Crippen LogP contribution in [0, 0.1) is 0 Å². The van der Waals surface area contributed by atoms with Crippen molar-refractivity contribution in [3.8, 4) is 11.4 Å². The van der Waals surface area contributed by atoms with Crippen molar-refractivity contribution in [2.24, 2.45) is 0 Å². The second-order valence-electron chi connectivity index (χ2n) is 6.78. The van der Waals surface area contributed by atoms with Crippen LogP contribution in [0.4, 0.5) is 13.2 Å². The summed E-state index contributed by atoms with van der Waals surface area (Å²) in [5, 5.41) is 3.37. The van der Waals surface area contributed by atoms with Crippen LogP contribution in [0.25, 0.3) is 11.4 Å². The normalized spacial score (nSPS) is 20.2. The lowest BCUT2D eigenvalue weighted by atomic mass is 10.1. The van der Waals surface area contributed by atoms with Crippen molar-refractivity contribution in [3.63, 3.8) is 0 Å². The standard InChI is InChI=1S/C18H18F3N3O4/c19-18(20,21)17-22-15(23-28-17)12-5-3-11(4-6-12)8-24(13-9-26-10-13)16(25)14-2-1-7-27-14/h3-6,13-14H,1-2,7-10H2. The summed E-state index contributed by atoms with van der Waals surface area (Å²) in [4.78, 5) is 17.9. The summed E-state index contributed by atoms with van der Waals surface area (Å²) in [6.07, 6.45) is -3.52. The average molecular weight is 397 g/mol. The van der Waals surface area contributed by atoms with E-state index in [1.165, 1.54) is 0 Å². The first kappa shape index (κ1) is 18.9. The summed E-state index contributed by atoms with van der Waals surface area (Å²) >= 11 is 0. The Labute approximate surface area is 158 Å².